The van der Waals surface area contributed by atoms with Gasteiger partial charge in [0.2, 0.25) is 0 Å². The van der Waals surface area contributed by atoms with Crippen molar-refractivity contribution in [3.05, 3.63) is 0 Å². The average Bonchev–Trinajstić information content (AvgIpc) is 2.65. The molecule has 2 heterocycles. The van der Waals surface area contributed by atoms with Crippen LogP contribution in [-0.2, 0) is 18.6 Å². The molecule has 2 rings (SSSR count). The first-order valence-electron chi connectivity index (χ1n) is 7.98. The topological polar surface area (TPSA) is 36.9 Å². The summed E-state index contributed by atoms with van der Waals surface area (Å²) in [6.45, 7) is 16.3. The van der Waals surface area contributed by atoms with Gasteiger partial charge >= 0.3 is 14.2 Å². The molecule has 0 spiro atoms. The Labute approximate surface area is 135 Å². The molecule has 0 aliphatic carbocycles. The minimum absolute atomic E-state index is 0.160. The van der Waals surface area contributed by atoms with E-state index < -0.39 is 36.6 Å². The van der Waals surface area contributed by atoms with E-state index in [0.717, 1.165) is 0 Å². The standard InChI is InChI=1S/C16H28B2O4/c1-10-11-12(17-19-13(2,3)14(4,5)20-17)18-21-15(6,7)16(8,9)22-18/h1,12H,11H2,2-9H3. The maximum atomic E-state index is 6.15. The van der Waals surface area contributed by atoms with E-state index in [1.54, 1.807) is 0 Å². The highest BCUT2D eigenvalue weighted by molar-refractivity contribution is 6.68. The van der Waals surface area contributed by atoms with Gasteiger partial charge in [-0.05, 0) is 55.4 Å². The fraction of sp³-hybridized carbons (Fsp3) is 0.875. The van der Waals surface area contributed by atoms with Crippen LogP contribution in [0.1, 0.15) is 61.8 Å². The van der Waals surface area contributed by atoms with Crippen molar-refractivity contribution in [1.82, 2.24) is 0 Å². The summed E-state index contributed by atoms with van der Waals surface area (Å²) < 4.78 is 24.6. The zero-order valence-electron chi connectivity index (χ0n) is 15.1. The average molecular weight is 306 g/mol. The Bertz CT molecular complexity index is 411. The van der Waals surface area contributed by atoms with Gasteiger partial charge in [-0.1, -0.05) is 0 Å². The molecule has 2 fully saturated rings. The van der Waals surface area contributed by atoms with Gasteiger partial charge in [-0.2, -0.15) is 0 Å². The lowest BCUT2D eigenvalue weighted by molar-refractivity contribution is 0.00578. The normalized spacial score (nSPS) is 28.2. The highest BCUT2D eigenvalue weighted by Gasteiger charge is 2.61. The van der Waals surface area contributed by atoms with Crippen LogP contribution in [0, 0.1) is 12.3 Å². The fourth-order valence-corrected chi connectivity index (χ4v) is 2.58. The fourth-order valence-electron chi connectivity index (χ4n) is 2.58. The van der Waals surface area contributed by atoms with Gasteiger partial charge < -0.3 is 18.6 Å². The van der Waals surface area contributed by atoms with Gasteiger partial charge in [-0.25, -0.2) is 0 Å². The smallest absolute Gasteiger partial charge is 0.403 e. The molecule has 0 aromatic carbocycles. The molecule has 0 atom stereocenters. The highest BCUT2D eigenvalue weighted by atomic mass is 16.7. The Morgan fingerprint density at radius 3 is 1.23 bits per heavy atom. The van der Waals surface area contributed by atoms with Crippen molar-refractivity contribution < 1.29 is 18.6 Å². The van der Waals surface area contributed by atoms with Gasteiger partial charge in [0, 0.05) is 12.1 Å². The van der Waals surface area contributed by atoms with Crippen LogP contribution in [0.5, 0.6) is 0 Å². The molecule has 4 nitrogen and oxygen atoms in total. The zero-order chi connectivity index (χ0) is 17.0. The summed E-state index contributed by atoms with van der Waals surface area (Å²) in [7, 11) is -0.869. The quantitative estimate of drug-likeness (QED) is 0.593. The lowest BCUT2D eigenvalue weighted by Crippen LogP contribution is -2.41. The summed E-state index contributed by atoms with van der Waals surface area (Å²) in [5, 5.41) is 0. The Morgan fingerprint density at radius 2 is 1.00 bits per heavy atom. The summed E-state index contributed by atoms with van der Waals surface area (Å²) in [6.07, 6.45) is 6.04. The number of terminal acetylenes is 1. The number of rotatable bonds is 3. The second kappa shape index (κ2) is 5.27. The SMILES string of the molecule is C#CCC(B1OC(C)(C)C(C)(C)O1)B1OC(C)(C)C(C)(C)O1. The lowest BCUT2D eigenvalue weighted by Gasteiger charge is -2.32. The molecule has 22 heavy (non-hydrogen) atoms. The summed E-state index contributed by atoms with van der Waals surface area (Å²) in [5.74, 6) is 2.71. The van der Waals surface area contributed by atoms with Crippen molar-refractivity contribution in [1.29, 1.82) is 0 Å². The van der Waals surface area contributed by atoms with Crippen LogP contribution in [0.15, 0.2) is 0 Å². The molecule has 6 heteroatoms. The van der Waals surface area contributed by atoms with E-state index >= 15 is 0 Å². The van der Waals surface area contributed by atoms with Gasteiger partial charge in [-0.3, -0.25) is 0 Å². The van der Waals surface area contributed by atoms with Crippen molar-refractivity contribution in [2.24, 2.45) is 0 Å². The summed E-state index contributed by atoms with van der Waals surface area (Å²) in [6, 6.07) is 0. The third kappa shape index (κ3) is 2.85. The molecular formula is C16H28B2O4. The van der Waals surface area contributed by atoms with Gasteiger partial charge in [0.25, 0.3) is 0 Å². The van der Waals surface area contributed by atoms with Gasteiger partial charge in [0.05, 0.1) is 22.4 Å². The van der Waals surface area contributed by atoms with E-state index in [1.807, 2.05) is 55.4 Å². The van der Waals surface area contributed by atoms with Gasteiger partial charge in [0.1, 0.15) is 0 Å². The van der Waals surface area contributed by atoms with Crippen LogP contribution in [0.3, 0.4) is 0 Å². The first kappa shape index (κ1) is 17.9. The predicted molar refractivity (Wildman–Crippen MR) is 89.4 cm³/mol. The van der Waals surface area contributed by atoms with Crippen molar-refractivity contribution >= 4 is 14.2 Å². The maximum Gasteiger partial charge on any atom is 0.459 e. The monoisotopic (exact) mass is 306 g/mol. The molecule has 2 aliphatic rings. The minimum atomic E-state index is -0.434. The Kier molecular flexibility index (Phi) is 4.29. The molecule has 0 bridgehead atoms. The molecule has 0 saturated carbocycles. The van der Waals surface area contributed by atoms with Crippen molar-refractivity contribution in [2.45, 2.75) is 89.9 Å². The van der Waals surface area contributed by atoms with Crippen molar-refractivity contribution in [2.75, 3.05) is 0 Å². The van der Waals surface area contributed by atoms with E-state index in [1.165, 1.54) is 0 Å². The molecule has 0 N–H and O–H groups in total. The summed E-state index contributed by atoms with van der Waals surface area (Å²) in [4.78, 5) is 0. The van der Waals surface area contributed by atoms with E-state index in [-0.39, 0.29) is 5.72 Å². The second-order valence-corrected chi connectivity index (χ2v) is 8.32. The molecular weight excluding hydrogens is 278 g/mol. The van der Waals surface area contributed by atoms with Crippen LogP contribution in [0.4, 0.5) is 0 Å². The molecule has 0 aromatic rings. The minimum Gasteiger partial charge on any atom is -0.403 e. The lowest BCUT2D eigenvalue weighted by atomic mass is 9.50. The molecule has 0 unspecified atom stereocenters. The molecule has 0 amide bonds. The molecule has 0 aromatic heterocycles. The Morgan fingerprint density at radius 1 is 0.727 bits per heavy atom. The maximum absolute atomic E-state index is 6.15. The van der Waals surface area contributed by atoms with Crippen LogP contribution in [0.25, 0.3) is 0 Å². The highest BCUT2D eigenvalue weighted by Crippen LogP contribution is 2.46. The zero-order valence-corrected chi connectivity index (χ0v) is 15.1. The van der Waals surface area contributed by atoms with Crippen LogP contribution >= 0.6 is 0 Å². The van der Waals surface area contributed by atoms with Crippen LogP contribution in [-0.4, -0.2) is 36.6 Å². The van der Waals surface area contributed by atoms with Crippen molar-refractivity contribution in [3.63, 3.8) is 0 Å². The van der Waals surface area contributed by atoms with Crippen LogP contribution in [0.2, 0.25) is 5.72 Å². The first-order valence-corrected chi connectivity index (χ1v) is 7.98. The van der Waals surface area contributed by atoms with E-state index in [2.05, 4.69) is 5.92 Å². The first-order chi connectivity index (χ1) is 9.83. The molecule has 122 valence electrons. The molecule has 2 saturated heterocycles. The number of hydrogen-bond acceptors (Lipinski definition) is 4. The van der Waals surface area contributed by atoms with Gasteiger partial charge in [0.15, 0.2) is 0 Å². The molecule has 0 radical (unpaired) electrons. The second-order valence-electron chi connectivity index (χ2n) is 8.32. The molecule has 2 aliphatic heterocycles. The largest absolute Gasteiger partial charge is 0.459 e. The summed E-state index contributed by atoms with van der Waals surface area (Å²) in [5.41, 5.74) is -1.74. The Balaban J connectivity index is 2.22. The van der Waals surface area contributed by atoms with E-state index in [9.17, 15) is 0 Å². The predicted octanol–water partition coefficient (Wildman–Crippen LogP) is 3.10. The third-order valence-electron chi connectivity index (χ3n) is 5.60. The van der Waals surface area contributed by atoms with E-state index in [0.29, 0.717) is 6.42 Å². The third-order valence-corrected chi connectivity index (χ3v) is 5.60. The van der Waals surface area contributed by atoms with Crippen molar-refractivity contribution in [3.8, 4) is 12.3 Å². The number of hydrogen-bond donors (Lipinski definition) is 0. The van der Waals surface area contributed by atoms with Gasteiger partial charge in [-0.15, -0.1) is 12.3 Å². The van der Waals surface area contributed by atoms with E-state index in [4.69, 9.17) is 25.0 Å². The Hall–Kier alpha value is -0.470. The van der Waals surface area contributed by atoms with Crippen LogP contribution < -0.4 is 0 Å². The summed E-state index contributed by atoms with van der Waals surface area (Å²) >= 11 is 0.